The van der Waals surface area contributed by atoms with Crippen LogP contribution in [0.25, 0.3) is 0 Å². The minimum Gasteiger partial charge on any atom is -0.354 e. The smallest absolute Gasteiger partial charge is 0.354 e. The van der Waals surface area contributed by atoms with E-state index in [0.29, 0.717) is 5.56 Å². The van der Waals surface area contributed by atoms with Gasteiger partial charge in [-0.1, -0.05) is 18.2 Å². The maximum atomic E-state index is 12.9. The molecule has 0 bridgehead atoms. The monoisotopic (exact) mass is 392 g/mol. The van der Waals surface area contributed by atoms with Crippen LogP contribution in [-0.2, 0) is 11.0 Å². The number of anilines is 1. The van der Waals surface area contributed by atoms with Crippen LogP contribution in [0.2, 0.25) is 0 Å². The molecular formula is C20H23F3N4O. The molecule has 3 rings (SSSR count). The summed E-state index contributed by atoms with van der Waals surface area (Å²) in [7, 11) is 0. The van der Waals surface area contributed by atoms with Gasteiger partial charge in [0.15, 0.2) is 0 Å². The molecule has 1 saturated heterocycles. The van der Waals surface area contributed by atoms with E-state index < -0.39 is 17.8 Å². The molecule has 2 heterocycles. The first-order chi connectivity index (χ1) is 13.3. The van der Waals surface area contributed by atoms with Crippen molar-refractivity contribution in [1.29, 1.82) is 0 Å². The Hall–Kier alpha value is -2.61. The van der Waals surface area contributed by atoms with Gasteiger partial charge in [-0.2, -0.15) is 13.2 Å². The van der Waals surface area contributed by atoms with Crippen molar-refractivity contribution in [3.8, 4) is 0 Å². The van der Waals surface area contributed by atoms with E-state index in [2.05, 4.69) is 15.2 Å². The molecule has 1 aliphatic rings. The van der Waals surface area contributed by atoms with Crippen LogP contribution in [0.5, 0.6) is 0 Å². The minimum absolute atomic E-state index is 0.198. The second-order valence-corrected chi connectivity index (χ2v) is 6.86. The molecule has 28 heavy (non-hydrogen) atoms. The van der Waals surface area contributed by atoms with Gasteiger partial charge in [0, 0.05) is 32.4 Å². The third-order valence-electron chi connectivity index (χ3n) is 4.80. The summed E-state index contributed by atoms with van der Waals surface area (Å²) in [6.45, 7) is 4.90. The van der Waals surface area contributed by atoms with Gasteiger partial charge in [0.2, 0.25) is 5.91 Å². The molecule has 1 amide bonds. The Kier molecular flexibility index (Phi) is 6.18. The number of carbonyl (C=O) groups excluding carboxylic acids is 1. The number of nitrogens with zero attached hydrogens (tertiary/aromatic N) is 3. The molecule has 150 valence electrons. The molecule has 1 atom stereocenters. The quantitative estimate of drug-likeness (QED) is 0.850. The molecule has 1 aliphatic heterocycles. The number of alkyl halides is 3. The van der Waals surface area contributed by atoms with Crippen LogP contribution in [0.3, 0.4) is 0 Å². The van der Waals surface area contributed by atoms with Crippen molar-refractivity contribution in [2.45, 2.75) is 19.1 Å². The Morgan fingerprint density at radius 2 is 1.89 bits per heavy atom. The van der Waals surface area contributed by atoms with Gasteiger partial charge in [0.25, 0.3) is 0 Å². The molecule has 1 N–H and O–H groups in total. The molecule has 0 saturated carbocycles. The number of rotatable bonds is 5. The number of amides is 1. The maximum absolute atomic E-state index is 12.9. The number of piperazine rings is 1. The fourth-order valence-electron chi connectivity index (χ4n) is 3.23. The van der Waals surface area contributed by atoms with Crippen molar-refractivity contribution in [3.63, 3.8) is 0 Å². The predicted molar refractivity (Wildman–Crippen MR) is 101 cm³/mol. The Bertz CT molecular complexity index is 790. The average molecular weight is 392 g/mol. The van der Waals surface area contributed by atoms with Gasteiger partial charge in [0.05, 0.1) is 18.2 Å². The number of benzene rings is 1. The lowest BCUT2D eigenvalue weighted by molar-refractivity contribution is -0.137. The first-order valence-corrected chi connectivity index (χ1v) is 9.18. The van der Waals surface area contributed by atoms with Gasteiger partial charge >= 0.3 is 6.18 Å². The topological polar surface area (TPSA) is 48.5 Å². The van der Waals surface area contributed by atoms with E-state index in [1.54, 1.807) is 19.2 Å². The Balaban J connectivity index is 1.49. The first-order valence-electron chi connectivity index (χ1n) is 9.18. The summed E-state index contributed by atoms with van der Waals surface area (Å²) in [6.07, 6.45) is -2.64. The fourth-order valence-corrected chi connectivity index (χ4v) is 3.23. The highest BCUT2D eigenvalue weighted by Gasteiger charge is 2.30. The lowest BCUT2D eigenvalue weighted by atomic mass is 10.0. The number of hydrogen-bond acceptors (Lipinski definition) is 4. The number of hydrogen-bond donors (Lipinski definition) is 1. The summed E-state index contributed by atoms with van der Waals surface area (Å²) >= 11 is 0. The second-order valence-electron chi connectivity index (χ2n) is 6.86. The van der Waals surface area contributed by atoms with Crippen LogP contribution in [0.15, 0.2) is 48.7 Å². The van der Waals surface area contributed by atoms with Crippen molar-refractivity contribution in [2.24, 2.45) is 0 Å². The Morgan fingerprint density at radius 3 is 2.54 bits per heavy atom. The van der Waals surface area contributed by atoms with Crippen LogP contribution >= 0.6 is 0 Å². The normalized spacial score (nSPS) is 16.6. The van der Waals surface area contributed by atoms with E-state index in [1.807, 2.05) is 23.1 Å². The summed E-state index contributed by atoms with van der Waals surface area (Å²) in [5.41, 5.74) is -0.278. The second kappa shape index (κ2) is 8.60. The zero-order chi connectivity index (χ0) is 20.1. The van der Waals surface area contributed by atoms with E-state index in [9.17, 15) is 18.0 Å². The van der Waals surface area contributed by atoms with Gasteiger partial charge in [-0.25, -0.2) is 4.98 Å². The lowest BCUT2D eigenvalue weighted by Crippen LogP contribution is -2.49. The molecule has 8 heteroatoms. The molecule has 1 aromatic heterocycles. The highest BCUT2D eigenvalue weighted by Crippen LogP contribution is 2.30. The van der Waals surface area contributed by atoms with Crippen LogP contribution in [0, 0.1) is 0 Å². The fraction of sp³-hybridized carbons (Fsp3) is 0.400. The molecule has 2 aromatic rings. The maximum Gasteiger partial charge on any atom is 0.416 e. The van der Waals surface area contributed by atoms with Crippen molar-refractivity contribution in [3.05, 3.63) is 59.8 Å². The molecule has 5 nitrogen and oxygen atoms in total. The molecule has 1 fully saturated rings. The SMILES string of the molecule is CC(NC(=O)CN1CCN(c2ccccn2)CC1)c1cccc(C(F)(F)F)c1. The van der Waals surface area contributed by atoms with Crippen LogP contribution < -0.4 is 10.2 Å². The minimum atomic E-state index is -4.40. The van der Waals surface area contributed by atoms with Crippen LogP contribution in [-0.4, -0.2) is 48.5 Å². The van der Waals surface area contributed by atoms with Crippen molar-refractivity contribution in [1.82, 2.24) is 15.2 Å². The highest BCUT2D eigenvalue weighted by atomic mass is 19.4. The van der Waals surface area contributed by atoms with E-state index in [4.69, 9.17) is 0 Å². The van der Waals surface area contributed by atoms with Gasteiger partial charge in [-0.05, 0) is 36.8 Å². The van der Waals surface area contributed by atoms with E-state index in [-0.39, 0.29) is 12.5 Å². The van der Waals surface area contributed by atoms with Gasteiger partial charge < -0.3 is 10.2 Å². The number of pyridine rings is 1. The Labute approximate surface area is 162 Å². The summed E-state index contributed by atoms with van der Waals surface area (Å²) in [4.78, 5) is 20.9. The van der Waals surface area contributed by atoms with Crippen molar-refractivity contribution < 1.29 is 18.0 Å². The molecule has 1 unspecified atom stereocenters. The molecular weight excluding hydrogens is 369 g/mol. The number of halogens is 3. The summed E-state index contributed by atoms with van der Waals surface area (Å²) in [5.74, 6) is 0.723. The van der Waals surface area contributed by atoms with Gasteiger partial charge in [-0.15, -0.1) is 0 Å². The highest BCUT2D eigenvalue weighted by molar-refractivity contribution is 5.78. The van der Waals surface area contributed by atoms with Crippen LogP contribution in [0.1, 0.15) is 24.1 Å². The number of carbonyl (C=O) groups is 1. The average Bonchev–Trinajstić information content (AvgIpc) is 2.68. The molecule has 0 aliphatic carbocycles. The zero-order valence-corrected chi connectivity index (χ0v) is 15.6. The van der Waals surface area contributed by atoms with Gasteiger partial charge in [-0.3, -0.25) is 9.69 Å². The standard InChI is InChI=1S/C20H23F3N4O/c1-15(16-5-4-6-17(13-16)20(21,22)23)25-19(28)14-26-9-11-27(12-10-26)18-7-2-3-8-24-18/h2-8,13,15H,9-12,14H2,1H3,(H,25,28). The van der Waals surface area contributed by atoms with Crippen molar-refractivity contribution >= 4 is 11.7 Å². The zero-order valence-electron chi connectivity index (χ0n) is 15.6. The third-order valence-corrected chi connectivity index (χ3v) is 4.80. The van der Waals surface area contributed by atoms with Gasteiger partial charge in [0.1, 0.15) is 5.82 Å². The largest absolute Gasteiger partial charge is 0.416 e. The first kappa shape index (κ1) is 20.1. The third kappa shape index (κ3) is 5.22. The number of aromatic nitrogens is 1. The van der Waals surface area contributed by atoms with E-state index in [1.165, 1.54) is 6.07 Å². The lowest BCUT2D eigenvalue weighted by Gasteiger charge is -2.35. The molecule has 0 radical (unpaired) electrons. The summed E-state index contributed by atoms with van der Waals surface area (Å²) in [6, 6.07) is 10.3. The number of nitrogens with one attached hydrogen (secondary N) is 1. The summed E-state index contributed by atoms with van der Waals surface area (Å²) in [5, 5.41) is 2.79. The molecule has 1 aromatic carbocycles. The van der Waals surface area contributed by atoms with Crippen LogP contribution in [0.4, 0.5) is 19.0 Å². The van der Waals surface area contributed by atoms with Crippen molar-refractivity contribution in [2.75, 3.05) is 37.6 Å². The Morgan fingerprint density at radius 1 is 1.14 bits per heavy atom. The molecule has 0 spiro atoms. The summed E-state index contributed by atoms with van der Waals surface area (Å²) < 4.78 is 38.6. The van der Waals surface area contributed by atoms with E-state index >= 15 is 0 Å². The van der Waals surface area contributed by atoms with E-state index in [0.717, 1.165) is 44.1 Å². The predicted octanol–water partition coefficient (Wildman–Crippen LogP) is 3.10.